The van der Waals surface area contributed by atoms with E-state index in [1.165, 1.54) is 0 Å². The smallest absolute Gasteiger partial charge is 0.270 e. The van der Waals surface area contributed by atoms with Crippen molar-refractivity contribution in [2.75, 3.05) is 19.6 Å². The van der Waals surface area contributed by atoms with Crippen LogP contribution in [0.15, 0.2) is 0 Å². The molecule has 0 spiro atoms. The standard InChI is InChI=1S/C12H24N2O2/c1-10(15)9-14(7-5-6-8-14)13-11(16)12(2,3)4/h10,15H,5-9H2,1-4H3/p+1. The second kappa shape index (κ2) is 4.72. The Morgan fingerprint density at radius 1 is 1.38 bits per heavy atom. The van der Waals surface area contributed by atoms with Crippen molar-refractivity contribution in [2.45, 2.75) is 46.6 Å². The number of likely N-dealkylation sites (tertiary alicyclic amines) is 1. The van der Waals surface area contributed by atoms with Gasteiger partial charge in [-0.3, -0.25) is 4.79 Å². The third-order valence-corrected chi connectivity index (χ3v) is 3.06. The molecule has 1 aliphatic heterocycles. The highest BCUT2D eigenvalue weighted by atomic mass is 16.3. The van der Waals surface area contributed by atoms with Crippen molar-refractivity contribution in [1.29, 1.82) is 0 Å². The van der Waals surface area contributed by atoms with Crippen LogP contribution in [0.4, 0.5) is 0 Å². The largest absolute Gasteiger partial charge is 0.387 e. The summed E-state index contributed by atoms with van der Waals surface area (Å²) in [6.45, 7) is 10.0. The van der Waals surface area contributed by atoms with Crippen molar-refractivity contribution in [3.8, 4) is 0 Å². The number of nitrogens with one attached hydrogen (secondary N) is 1. The highest BCUT2D eigenvalue weighted by molar-refractivity contribution is 5.80. The van der Waals surface area contributed by atoms with Crippen LogP contribution in [0.1, 0.15) is 40.5 Å². The van der Waals surface area contributed by atoms with E-state index in [2.05, 4.69) is 5.43 Å². The van der Waals surface area contributed by atoms with Gasteiger partial charge in [-0.15, -0.1) is 0 Å². The molecule has 0 radical (unpaired) electrons. The summed E-state index contributed by atoms with van der Waals surface area (Å²) in [6, 6.07) is 0. The molecular formula is C12H25N2O2+. The first-order chi connectivity index (χ1) is 7.25. The maximum absolute atomic E-state index is 12.0. The van der Waals surface area contributed by atoms with Gasteiger partial charge in [-0.05, 0) is 6.92 Å². The fourth-order valence-corrected chi connectivity index (χ4v) is 2.17. The number of nitrogens with zero attached hydrogens (tertiary/aromatic N) is 1. The maximum Gasteiger partial charge on any atom is 0.270 e. The Labute approximate surface area is 98.2 Å². The van der Waals surface area contributed by atoms with Crippen molar-refractivity contribution >= 4 is 5.91 Å². The number of amides is 1. The third kappa shape index (κ3) is 3.46. The van der Waals surface area contributed by atoms with E-state index in [4.69, 9.17) is 0 Å². The molecule has 1 aliphatic rings. The zero-order chi connectivity index (χ0) is 12.4. The second-order valence-corrected chi connectivity index (χ2v) is 6.02. The molecule has 4 heteroatoms. The molecule has 1 unspecified atom stereocenters. The van der Waals surface area contributed by atoms with Crippen LogP contribution in [0.5, 0.6) is 0 Å². The topological polar surface area (TPSA) is 49.3 Å². The molecule has 4 nitrogen and oxygen atoms in total. The Morgan fingerprint density at radius 2 is 1.88 bits per heavy atom. The lowest BCUT2D eigenvalue weighted by Gasteiger charge is -2.36. The van der Waals surface area contributed by atoms with Gasteiger partial charge in [0.05, 0.1) is 0 Å². The van der Waals surface area contributed by atoms with Crippen LogP contribution in [-0.2, 0) is 4.79 Å². The zero-order valence-corrected chi connectivity index (χ0v) is 10.9. The Morgan fingerprint density at radius 3 is 2.25 bits per heavy atom. The van der Waals surface area contributed by atoms with Crippen molar-refractivity contribution < 1.29 is 14.5 Å². The van der Waals surface area contributed by atoms with E-state index in [-0.39, 0.29) is 17.4 Å². The van der Waals surface area contributed by atoms with Crippen LogP contribution in [0.3, 0.4) is 0 Å². The molecule has 1 rings (SSSR count). The van der Waals surface area contributed by atoms with Gasteiger partial charge in [-0.1, -0.05) is 20.8 Å². The summed E-state index contributed by atoms with van der Waals surface area (Å²) in [5.74, 6) is 0.0649. The van der Waals surface area contributed by atoms with E-state index in [1.807, 2.05) is 20.8 Å². The van der Waals surface area contributed by atoms with Crippen molar-refractivity contribution in [2.24, 2.45) is 5.41 Å². The number of carbonyl (C=O) groups excluding carboxylic acids is 1. The predicted molar refractivity (Wildman–Crippen MR) is 63.4 cm³/mol. The van der Waals surface area contributed by atoms with E-state index in [9.17, 15) is 9.90 Å². The van der Waals surface area contributed by atoms with E-state index >= 15 is 0 Å². The highest BCUT2D eigenvalue weighted by Gasteiger charge is 2.38. The molecule has 0 bridgehead atoms. The predicted octanol–water partition coefficient (Wildman–Crippen LogP) is 1.06. The number of aliphatic hydroxyl groups is 1. The average molecular weight is 229 g/mol. The molecule has 0 saturated carbocycles. The first-order valence-electron chi connectivity index (χ1n) is 6.12. The lowest BCUT2D eigenvalue weighted by atomic mass is 9.96. The zero-order valence-electron chi connectivity index (χ0n) is 10.9. The lowest BCUT2D eigenvalue weighted by molar-refractivity contribution is -0.953. The summed E-state index contributed by atoms with van der Waals surface area (Å²) < 4.78 is 0.549. The molecule has 94 valence electrons. The summed E-state index contributed by atoms with van der Waals surface area (Å²) in [5, 5.41) is 9.53. The average Bonchev–Trinajstić information content (AvgIpc) is 2.49. The Balaban J connectivity index is 2.68. The fraction of sp³-hybridized carbons (Fsp3) is 0.917. The molecule has 1 amide bonds. The van der Waals surface area contributed by atoms with E-state index in [0.717, 1.165) is 25.9 Å². The molecular weight excluding hydrogens is 204 g/mol. The van der Waals surface area contributed by atoms with Gasteiger partial charge in [-0.2, -0.15) is 0 Å². The molecule has 1 fully saturated rings. The van der Waals surface area contributed by atoms with Crippen molar-refractivity contribution in [1.82, 2.24) is 5.43 Å². The molecule has 0 aromatic carbocycles. The number of hydrogen-bond donors (Lipinski definition) is 2. The molecule has 0 aliphatic carbocycles. The minimum Gasteiger partial charge on any atom is -0.387 e. The van der Waals surface area contributed by atoms with Gasteiger partial charge in [0.15, 0.2) is 0 Å². The number of carbonyl (C=O) groups is 1. The van der Waals surface area contributed by atoms with Crippen molar-refractivity contribution in [3.05, 3.63) is 0 Å². The van der Waals surface area contributed by atoms with Gasteiger partial charge < -0.3 is 5.11 Å². The lowest BCUT2D eigenvalue weighted by Crippen LogP contribution is -2.62. The van der Waals surface area contributed by atoms with Crippen LogP contribution >= 0.6 is 0 Å². The Hall–Kier alpha value is -0.610. The molecule has 2 N–H and O–H groups in total. The van der Waals surface area contributed by atoms with Gasteiger partial charge in [0.2, 0.25) is 0 Å². The second-order valence-electron chi connectivity index (χ2n) is 6.02. The van der Waals surface area contributed by atoms with Crippen LogP contribution in [-0.4, -0.2) is 41.3 Å². The van der Waals surface area contributed by atoms with Crippen LogP contribution < -0.4 is 5.43 Å². The number of aliphatic hydroxyl groups excluding tert-OH is 1. The van der Waals surface area contributed by atoms with E-state index < -0.39 is 0 Å². The van der Waals surface area contributed by atoms with Crippen LogP contribution in [0.25, 0.3) is 0 Å². The normalized spacial score (nSPS) is 21.8. The number of hydrogen-bond acceptors (Lipinski definition) is 2. The molecule has 1 heterocycles. The minimum absolute atomic E-state index is 0.0649. The van der Waals surface area contributed by atoms with E-state index in [1.54, 1.807) is 6.92 Å². The SMILES string of the molecule is CC(O)C[N+]1(NC(=O)C(C)(C)C)CCCC1. The molecule has 1 saturated heterocycles. The number of rotatable bonds is 3. The summed E-state index contributed by atoms with van der Waals surface area (Å²) in [5.41, 5.74) is 2.73. The van der Waals surface area contributed by atoms with Gasteiger partial charge in [0, 0.05) is 18.3 Å². The number of quaternary nitrogens is 1. The quantitative estimate of drug-likeness (QED) is 0.711. The molecule has 0 aromatic heterocycles. The van der Waals surface area contributed by atoms with Crippen molar-refractivity contribution in [3.63, 3.8) is 0 Å². The van der Waals surface area contributed by atoms with Crippen LogP contribution in [0, 0.1) is 5.41 Å². The molecule has 0 aromatic rings. The summed E-state index contributed by atoms with van der Waals surface area (Å²) in [6.07, 6.45) is 1.87. The van der Waals surface area contributed by atoms with Gasteiger partial charge in [-0.25, -0.2) is 10.0 Å². The molecule has 16 heavy (non-hydrogen) atoms. The first-order valence-corrected chi connectivity index (χ1v) is 6.12. The first kappa shape index (κ1) is 13.5. The summed E-state index contributed by atoms with van der Waals surface area (Å²) in [7, 11) is 0. The Kier molecular flexibility index (Phi) is 3.97. The maximum atomic E-state index is 12.0. The van der Waals surface area contributed by atoms with E-state index in [0.29, 0.717) is 11.1 Å². The minimum atomic E-state index is -0.377. The molecule has 1 atom stereocenters. The summed E-state index contributed by atoms with van der Waals surface area (Å²) >= 11 is 0. The van der Waals surface area contributed by atoms with Crippen LogP contribution in [0.2, 0.25) is 0 Å². The third-order valence-electron chi connectivity index (χ3n) is 3.06. The Bertz CT molecular complexity index is 250. The van der Waals surface area contributed by atoms with Gasteiger partial charge in [0.25, 0.3) is 5.91 Å². The highest BCUT2D eigenvalue weighted by Crippen LogP contribution is 2.20. The van der Waals surface area contributed by atoms with Gasteiger partial charge in [0.1, 0.15) is 25.7 Å². The summed E-state index contributed by atoms with van der Waals surface area (Å²) in [4.78, 5) is 12.0. The fourth-order valence-electron chi connectivity index (χ4n) is 2.17. The van der Waals surface area contributed by atoms with Gasteiger partial charge >= 0.3 is 0 Å². The monoisotopic (exact) mass is 229 g/mol.